The molecule has 502 valence electrons. The molecule has 0 aromatic heterocycles. The van der Waals surface area contributed by atoms with E-state index in [1.165, 1.54) is 12.1 Å². The number of allylic oxidation sites excluding steroid dienone is 2. The van der Waals surface area contributed by atoms with Gasteiger partial charge in [0.1, 0.15) is 11.6 Å². The van der Waals surface area contributed by atoms with Gasteiger partial charge in [0.05, 0.1) is 47.3 Å². The van der Waals surface area contributed by atoms with Crippen molar-refractivity contribution < 1.29 is 48.6 Å². The van der Waals surface area contributed by atoms with E-state index >= 15 is 0 Å². The number of alkyl halides is 1. The number of likely N-dealkylation sites (tertiary alicyclic amines) is 3. The second kappa shape index (κ2) is 36.9. The molecule has 5 aromatic rings. The minimum absolute atomic E-state index is 0.00332. The fraction of sp³-hybridized carbons (Fsp3) is 0.439. The number of nitrogens with two attached hydrogens (primary N) is 1. The molecule has 6 aliphatic heterocycles. The van der Waals surface area contributed by atoms with Gasteiger partial charge in [-0.15, -0.1) is 0 Å². The van der Waals surface area contributed by atoms with Crippen LogP contribution in [0.25, 0.3) is 0 Å². The Bertz CT molecular complexity index is 3320. The van der Waals surface area contributed by atoms with Crippen LogP contribution in [0.15, 0.2) is 129 Å². The summed E-state index contributed by atoms with van der Waals surface area (Å²) in [6.45, 7) is 20.1. The number of carbonyl (C=O) groups excluding carboxylic acids is 3. The molecule has 2 atom stereocenters. The lowest BCUT2D eigenvalue weighted by atomic mass is 9.74. The first kappa shape index (κ1) is 74.6. The molecule has 16 nitrogen and oxygen atoms in total. The number of ether oxygens (including phenoxy) is 2. The zero-order valence-electron chi connectivity index (χ0n) is 52.4. The quantitative estimate of drug-likeness (QED) is 0.0373. The molecule has 0 aliphatic carbocycles. The van der Waals surface area contributed by atoms with Gasteiger partial charge >= 0.3 is 17.6 Å². The molecule has 2 unspecified atom stereocenters. The van der Waals surface area contributed by atoms with Gasteiger partial charge in [-0.1, -0.05) is 48.0 Å². The number of nitrogen functional groups attached to an aromatic ring is 1. The summed E-state index contributed by atoms with van der Waals surface area (Å²) in [5, 5.41) is 38.9. The largest absolute Gasteiger partial charge is 0.420 e. The average Bonchev–Trinajstić information content (AvgIpc) is 1.65. The van der Waals surface area contributed by atoms with Crippen LogP contribution < -0.4 is 32.3 Å². The molecule has 92 heavy (non-hydrogen) atoms. The fourth-order valence-corrected chi connectivity index (χ4v) is 13.4. The van der Waals surface area contributed by atoms with Crippen LogP contribution in [0.1, 0.15) is 77.7 Å². The van der Waals surface area contributed by atoms with E-state index in [2.05, 4.69) is 102 Å². The Kier molecular flexibility index (Phi) is 29.9. The van der Waals surface area contributed by atoms with Crippen LogP contribution in [0.2, 0.25) is 15.1 Å². The second-order valence-corrected chi connectivity index (χ2v) is 27.5. The maximum atomic E-state index is 13.9. The van der Waals surface area contributed by atoms with E-state index in [1.54, 1.807) is 67.3 Å². The number of piperidine rings is 4. The number of β-amino-alcohol motifs (C(OH)–C–C–N with tert-alkyl or cyclic N) is 2. The summed E-state index contributed by atoms with van der Waals surface area (Å²) in [6, 6.07) is 25.7. The van der Waals surface area contributed by atoms with Gasteiger partial charge in [-0.25, -0.2) is 23.2 Å². The molecule has 0 bridgehead atoms. The Balaban J connectivity index is 0.000000204. The number of amides is 3. The van der Waals surface area contributed by atoms with E-state index in [-0.39, 0.29) is 40.5 Å². The highest BCUT2D eigenvalue weighted by Gasteiger charge is 2.44. The number of benzene rings is 5. The summed E-state index contributed by atoms with van der Waals surface area (Å²) in [6.07, 6.45) is 6.51. The van der Waals surface area contributed by atoms with Gasteiger partial charge in [0.2, 0.25) is 0 Å². The minimum atomic E-state index is -1.00. The number of hydrogen-bond acceptors (Lipinski definition) is 13. The highest BCUT2D eigenvalue weighted by Crippen LogP contribution is 2.46. The van der Waals surface area contributed by atoms with Gasteiger partial charge in [-0.2, -0.15) is 0 Å². The minimum Gasteiger partial charge on any atom is -0.420 e. The van der Waals surface area contributed by atoms with E-state index in [9.17, 15) is 37.8 Å². The number of anilines is 5. The Labute approximate surface area is 584 Å². The maximum absolute atomic E-state index is 13.9. The summed E-state index contributed by atoms with van der Waals surface area (Å²) >= 11 is 32.2. The number of halogens is 10. The molecule has 6 heterocycles. The van der Waals surface area contributed by atoms with Gasteiger partial charge in [0.15, 0.2) is 0 Å². The standard InChI is InChI=1S/C26H31BrClFN4O2.C19H28FN3O.C10H9BrClNO2.C6H5BrClN.C4H5ClO2.CH3F/c27-21-3-2-19(14-22(21)28)31-25(35)33-9-5-17(6-10-33)24(34)15-32-11-7-26(8-12-32)16-30-23-4-1-18(29)13-20(23)26;20-15-1-2-17-16(11-15)19(13-22-17)5-9-23(10-6-19)12-18(24)14-3-7-21-8-4-14;1-6(2)15-10(14)13-7-3-4-8(11)9(12)5-7;7-5-2-1-4(9)3-6(5)8;1-3(2)7-4(5)6;1-2/h1-4,13-14,17,24,30,34H,5-12,15-16H2,(H,31,35);1-2,11,14,18,21-22,24H,3-10,12-13H2;3-5H,1H2,2H3,(H,13,14);1-3H,9H2;1H2,2H3;1H3/i;;;;;1D. The van der Waals surface area contributed by atoms with Crippen LogP contribution in [-0.4, -0.2) is 140 Å². The summed E-state index contributed by atoms with van der Waals surface area (Å²) in [4.78, 5) is 40.1. The third-order valence-electron chi connectivity index (χ3n) is 17.0. The number of nitrogens with one attached hydrogen (secondary N) is 5. The summed E-state index contributed by atoms with van der Waals surface area (Å²) in [7, 11) is -1.00. The number of aliphatic hydroxyl groups excluding tert-OH is 2. The first-order chi connectivity index (χ1) is 44.2. The predicted octanol–water partition coefficient (Wildman–Crippen LogP) is 16.6. The van der Waals surface area contributed by atoms with Crippen molar-refractivity contribution in [3.63, 3.8) is 0 Å². The molecule has 3 amide bonds. The summed E-state index contributed by atoms with van der Waals surface area (Å²) < 4.78 is 54.4. The van der Waals surface area contributed by atoms with Crippen molar-refractivity contribution in [2.45, 2.75) is 88.3 Å². The molecule has 4 fully saturated rings. The van der Waals surface area contributed by atoms with Gasteiger partial charge in [0.25, 0.3) is 0 Å². The number of fused-ring (bicyclic) bond motifs is 4. The SMILES string of the molecule is C=C(C)OC(=O)Cl.C=C(C)OC(=O)Nc1ccc(Br)c(Cl)c1.Nc1ccc(Br)c(Cl)c1.O=C(Nc1ccc(Br)c(Cl)c1)N1CCC(C(O)CN2CCC3(CC2)CNc2ccc(F)cc23)CC1.OC(CN1CCC2(CC1)CNc1ccc(F)cc12)C1CCNCC1.[2H]CF. The van der Waals surface area contributed by atoms with Crippen LogP contribution in [0, 0.1) is 23.5 Å². The zero-order valence-corrected chi connectivity index (χ0v) is 59.1. The molecule has 0 radical (unpaired) electrons. The molecule has 26 heteroatoms. The zero-order chi connectivity index (χ0) is 68.0. The molecular weight excluding hydrogens is 1470 g/mol. The normalized spacial score (nSPS) is 17.9. The molecule has 4 saturated heterocycles. The molecule has 11 rings (SSSR count). The highest BCUT2D eigenvalue weighted by molar-refractivity contribution is 9.11. The van der Waals surface area contributed by atoms with E-state index in [1.807, 2.05) is 30.3 Å². The molecule has 9 N–H and O–H groups in total. The van der Waals surface area contributed by atoms with Crippen molar-refractivity contribution in [3.05, 3.63) is 167 Å². The van der Waals surface area contributed by atoms with Crippen molar-refractivity contribution >= 4 is 140 Å². The van der Waals surface area contributed by atoms with Gasteiger partial charge in [-0.3, -0.25) is 9.71 Å². The number of nitrogens with zero attached hydrogens (tertiary/aromatic N) is 3. The lowest BCUT2D eigenvalue weighted by Gasteiger charge is -2.41. The number of urea groups is 1. The van der Waals surface area contributed by atoms with Gasteiger partial charge in [-0.05, 0) is 266 Å². The van der Waals surface area contributed by atoms with E-state index < -0.39 is 24.8 Å². The lowest BCUT2D eigenvalue weighted by Crippen LogP contribution is -2.49. The Morgan fingerprint density at radius 3 is 1.47 bits per heavy atom. The average molecular weight is 1550 g/mol. The molecule has 5 aromatic carbocycles. The van der Waals surface area contributed by atoms with Crippen LogP contribution in [0.5, 0.6) is 0 Å². The topological polar surface area (TPSA) is 206 Å². The van der Waals surface area contributed by atoms with Crippen molar-refractivity contribution in [1.29, 1.82) is 0 Å². The van der Waals surface area contributed by atoms with E-state index in [4.69, 9.17) is 58.2 Å². The van der Waals surface area contributed by atoms with Gasteiger partial charge < -0.3 is 61.4 Å². The maximum Gasteiger partial charge on any atom is 0.416 e. The molecule has 6 aliphatic rings. The van der Waals surface area contributed by atoms with Crippen molar-refractivity contribution in [2.75, 3.05) is 113 Å². The Hall–Kier alpha value is -4.82. The lowest BCUT2D eigenvalue weighted by molar-refractivity contribution is 0.0266. The van der Waals surface area contributed by atoms with Crippen LogP contribution in [0.4, 0.5) is 56.0 Å². The summed E-state index contributed by atoms with van der Waals surface area (Å²) in [5.74, 6) is 0.937. The number of aliphatic hydroxyl groups is 2. The number of carbonyl (C=O) groups is 3. The number of rotatable bonds is 10. The fourth-order valence-electron chi connectivity index (χ4n) is 12.0. The van der Waals surface area contributed by atoms with Crippen LogP contribution in [0.3, 0.4) is 0 Å². The monoisotopic (exact) mass is 1550 g/mol. The first-order valence-electron chi connectivity index (χ1n) is 30.7. The second-order valence-electron chi connectivity index (χ2n) is 23.4. The van der Waals surface area contributed by atoms with Crippen molar-refractivity contribution in [1.82, 2.24) is 20.0 Å². The first-order valence-corrected chi connectivity index (χ1v) is 33.9. The van der Waals surface area contributed by atoms with E-state index in [0.29, 0.717) is 69.2 Å². The number of hydrogen-bond donors (Lipinski definition) is 8. The van der Waals surface area contributed by atoms with Crippen molar-refractivity contribution in [3.8, 4) is 0 Å². The Morgan fingerprint density at radius 1 is 0.663 bits per heavy atom. The Morgan fingerprint density at radius 2 is 1.08 bits per heavy atom. The summed E-state index contributed by atoms with van der Waals surface area (Å²) in [5.41, 5.74) is 11.0. The third kappa shape index (κ3) is 22.9. The third-order valence-corrected chi connectivity index (χ3v) is 20.7. The van der Waals surface area contributed by atoms with Gasteiger partial charge in [0, 0.05) is 104 Å². The van der Waals surface area contributed by atoms with Crippen molar-refractivity contribution in [2.24, 2.45) is 11.8 Å². The van der Waals surface area contributed by atoms with E-state index in [0.717, 1.165) is 146 Å². The molecule has 2 spiro atoms. The van der Waals surface area contributed by atoms with Crippen LogP contribution >= 0.6 is 94.2 Å². The van der Waals surface area contributed by atoms with Crippen LogP contribution in [-0.2, 0) is 20.3 Å². The molecular formula is C66H81Br3Cl4F3N9O7. The highest BCUT2D eigenvalue weighted by atomic mass is 79.9. The molecule has 0 saturated carbocycles. The predicted molar refractivity (Wildman–Crippen MR) is 376 cm³/mol. The smallest absolute Gasteiger partial charge is 0.416 e.